The van der Waals surface area contributed by atoms with Crippen LogP contribution in [0.4, 0.5) is 4.79 Å². The quantitative estimate of drug-likeness (QED) is 0.752. The number of carbonyl (C=O) groups is 1. The number of aromatic amines is 1. The van der Waals surface area contributed by atoms with E-state index in [1.165, 1.54) is 0 Å². The Kier molecular flexibility index (Phi) is 3.59. The predicted octanol–water partition coefficient (Wildman–Crippen LogP) is 1.77. The first-order chi connectivity index (χ1) is 8.29. The lowest BCUT2D eigenvalue weighted by molar-refractivity contribution is 0.240. The van der Waals surface area contributed by atoms with Crippen LogP contribution in [0, 0.1) is 0 Å². The van der Waals surface area contributed by atoms with Gasteiger partial charge in [0.25, 0.3) is 0 Å². The van der Waals surface area contributed by atoms with Crippen LogP contribution in [0.1, 0.15) is 19.2 Å². The average molecular weight is 232 g/mol. The van der Waals surface area contributed by atoms with Crippen molar-refractivity contribution in [3.05, 3.63) is 30.1 Å². The lowest BCUT2D eigenvalue weighted by Gasteiger charge is -2.04. The zero-order chi connectivity index (χ0) is 12.1. The van der Waals surface area contributed by atoms with Gasteiger partial charge in [0.2, 0.25) is 0 Å². The zero-order valence-electron chi connectivity index (χ0n) is 9.79. The molecule has 1 heterocycles. The van der Waals surface area contributed by atoms with Gasteiger partial charge in [-0.3, -0.25) is 0 Å². The molecule has 3 N–H and O–H groups in total. The highest BCUT2D eigenvalue weighted by molar-refractivity contribution is 5.75. The lowest BCUT2D eigenvalue weighted by atomic mass is 10.3. The molecular formula is C12H16N4O. The van der Waals surface area contributed by atoms with Gasteiger partial charge in [0.15, 0.2) is 0 Å². The van der Waals surface area contributed by atoms with Gasteiger partial charge < -0.3 is 15.6 Å². The molecule has 2 rings (SSSR count). The molecule has 0 bridgehead atoms. The van der Waals surface area contributed by atoms with Gasteiger partial charge in [-0.05, 0) is 18.6 Å². The Balaban J connectivity index is 1.92. The van der Waals surface area contributed by atoms with E-state index in [4.69, 9.17) is 0 Å². The van der Waals surface area contributed by atoms with Gasteiger partial charge in [-0.1, -0.05) is 19.1 Å². The summed E-state index contributed by atoms with van der Waals surface area (Å²) < 4.78 is 0. The van der Waals surface area contributed by atoms with Crippen LogP contribution in [0.2, 0.25) is 0 Å². The first kappa shape index (κ1) is 11.4. The minimum atomic E-state index is -0.160. The van der Waals surface area contributed by atoms with E-state index in [1.807, 2.05) is 31.2 Å². The maximum absolute atomic E-state index is 11.3. The number of amides is 2. The summed E-state index contributed by atoms with van der Waals surface area (Å²) in [6.45, 7) is 3.11. The van der Waals surface area contributed by atoms with Crippen LogP contribution >= 0.6 is 0 Å². The SMILES string of the molecule is CCCNC(=O)NCc1nc2ccccc2[nH]1. The predicted molar refractivity (Wildman–Crippen MR) is 66.6 cm³/mol. The minimum Gasteiger partial charge on any atom is -0.340 e. The second kappa shape index (κ2) is 5.34. The Morgan fingerprint density at radius 1 is 1.35 bits per heavy atom. The number of benzene rings is 1. The van der Waals surface area contributed by atoms with E-state index in [0.29, 0.717) is 13.1 Å². The number of H-pyrrole nitrogens is 1. The molecular weight excluding hydrogens is 216 g/mol. The maximum atomic E-state index is 11.3. The smallest absolute Gasteiger partial charge is 0.315 e. The Morgan fingerprint density at radius 2 is 2.18 bits per heavy atom. The Morgan fingerprint density at radius 3 is 2.94 bits per heavy atom. The summed E-state index contributed by atoms with van der Waals surface area (Å²) in [5.41, 5.74) is 1.90. The third-order valence-electron chi connectivity index (χ3n) is 2.39. The van der Waals surface area contributed by atoms with Gasteiger partial charge in [0.1, 0.15) is 5.82 Å². The summed E-state index contributed by atoms with van der Waals surface area (Å²) in [4.78, 5) is 18.8. The number of hydrogen-bond donors (Lipinski definition) is 3. The molecule has 0 unspecified atom stereocenters. The third kappa shape index (κ3) is 2.96. The van der Waals surface area contributed by atoms with E-state index in [9.17, 15) is 4.79 Å². The van der Waals surface area contributed by atoms with Crippen LogP contribution in [0.5, 0.6) is 0 Å². The Bertz CT molecular complexity index is 473. The molecule has 0 aliphatic rings. The number of para-hydroxylation sites is 2. The fraction of sp³-hybridized carbons (Fsp3) is 0.333. The van der Waals surface area contributed by atoms with Crippen LogP contribution in [0.25, 0.3) is 11.0 Å². The van der Waals surface area contributed by atoms with E-state index >= 15 is 0 Å². The topological polar surface area (TPSA) is 69.8 Å². The number of nitrogens with one attached hydrogen (secondary N) is 3. The van der Waals surface area contributed by atoms with Crippen LogP contribution in [0.15, 0.2) is 24.3 Å². The normalized spacial score (nSPS) is 10.4. The first-order valence-electron chi connectivity index (χ1n) is 5.75. The molecule has 17 heavy (non-hydrogen) atoms. The van der Waals surface area contributed by atoms with Crippen molar-refractivity contribution < 1.29 is 4.79 Å². The summed E-state index contributed by atoms with van der Waals surface area (Å²) in [7, 11) is 0. The van der Waals surface area contributed by atoms with E-state index in [0.717, 1.165) is 23.3 Å². The van der Waals surface area contributed by atoms with Crippen LogP contribution in [-0.4, -0.2) is 22.5 Å². The van der Waals surface area contributed by atoms with Crippen molar-refractivity contribution in [1.82, 2.24) is 20.6 Å². The molecule has 2 aromatic rings. The number of rotatable bonds is 4. The van der Waals surface area contributed by atoms with Gasteiger partial charge in [0.05, 0.1) is 17.6 Å². The molecule has 0 aliphatic carbocycles. The van der Waals surface area contributed by atoms with E-state index in [2.05, 4.69) is 20.6 Å². The van der Waals surface area contributed by atoms with Gasteiger partial charge in [-0.25, -0.2) is 9.78 Å². The molecule has 0 spiro atoms. The lowest BCUT2D eigenvalue weighted by Crippen LogP contribution is -2.35. The highest BCUT2D eigenvalue weighted by Gasteiger charge is 2.03. The van der Waals surface area contributed by atoms with Crippen molar-refractivity contribution in [2.45, 2.75) is 19.9 Å². The summed E-state index contributed by atoms with van der Waals surface area (Å²) in [5, 5.41) is 5.50. The van der Waals surface area contributed by atoms with Gasteiger partial charge in [-0.2, -0.15) is 0 Å². The molecule has 0 saturated carbocycles. The Labute approximate surface area is 99.6 Å². The number of imidazole rings is 1. The minimum absolute atomic E-state index is 0.160. The number of fused-ring (bicyclic) bond motifs is 1. The molecule has 1 aromatic carbocycles. The Hall–Kier alpha value is -2.04. The largest absolute Gasteiger partial charge is 0.340 e. The molecule has 0 aliphatic heterocycles. The second-order valence-electron chi connectivity index (χ2n) is 3.81. The summed E-state index contributed by atoms with van der Waals surface area (Å²) in [6.07, 6.45) is 0.929. The molecule has 5 heteroatoms. The highest BCUT2D eigenvalue weighted by Crippen LogP contribution is 2.09. The fourth-order valence-electron chi connectivity index (χ4n) is 1.55. The molecule has 90 valence electrons. The number of urea groups is 1. The third-order valence-corrected chi connectivity index (χ3v) is 2.39. The van der Waals surface area contributed by atoms with E-state index in [1.54, 1.807) is 0 Å². The summed E-state index contributed by atoms with van der Waals surface area (Å²) in [5.74, 6) is 0.762. The fourth-order valence-corrected chi connectivity index (χ4v) is 1.55. The van der Waals surface area contributed by atoms with E-state index in [-0.39, 0.29) is 6.03 Å². The molecule has 0 fully saturated rings. The molecule has 0 atom stereocenters. The highest BCUT2D eigenvalue weighted by atomic mass is 16.2. The van der Waals surface area contributed by atoms with Crippen molar-refractivity contribution in [3.63, 3.8) is 0 Å². The van der Waals surface area contributed by atoms with Crippen molar-refractivity contribution in [2.75, 3.05) is 6.54 Å². The van der Waals surface area contributed by atoms with Gasteiger partial charge >= 0.3 is 6.03 Å². The second-order valence-corrected chi connectivity index (χ2v) is 3.81. The monoisotopic (exact) mass is 232 g/mol. The van der Waals surface area contributed by atoms with E-state index < -0.39 is 0 Å². The number of aromatic nitrogens is 2. The summed E-state index contributed by atoms with van der Waals surface area (Å²) >= 11 is 0. The first-order valence-corrected chi connectivity index (χ1v) is 5.75. The standard InChI is InChI=1S/C12H16N4O/c1-2-7-13-12(17)14-8-11-15-9-5-3-4-6-10(9)16-11/h3-6H,2,7-8H2,1H3,(H,15,16)(H2,13,14,17). The number of hydrogen-bond acceptors (Lipinski definition) is 2. The molecule has 2 amide bonds. The van der Waals surface area contributed by atoms with Gasteiger partial charge in [0, 0.05) is 6.54 Å². The summed E-state index contributed by atoms with van der Waals surface area (Å²) in [6, 6.07) is 7.63. The van der Waals surface area contributed by atoms with Crippen LogP contribution < -0.4 is 10.6 Å². The van der Waals surface area contributed by atoms with Crippen molar-refractivity contribution >= 4 is 17.1 Å². The number of nitrogens with zero attached hydrogens (tertiary/aromatic N) is 1. The molecule has 0 saturated heterocycles. The van der Waals surface area contributed by atoms with Crippen molar-refractivity contribution in [1.29, 1.82) is 0 Å². The molecule has 1 aromatic heterocycles. The number of carbonyl (C=O) groups excluding carboxylic acids is 1. The maximum Gasteiger partial charge on any atom is 0.315 e. The zero-order valence-corrected chi connectivity index (χ0v) is 9.79. The van der Waals surface area contributed by atoms with Crippen LogP contribution in [0.3, 0.4) is 0 Å². The van der Waals surface area contributed by atoms with Crippen molar-refractivity contribution in [3.8, 4) is 0 Å². The van der Waals surface area contributed by atoms with Crippen LogP contribution in [-0.2, 0) is 6.54 Å². The molecule has 0 radical (unpaired) electrons. The molecule has 5 nitrogen and oxygen atoms in total. The van der Waals surface area contributed by atoms with Gasteiger partial charge in [-0.15, -0.1) is 0 Å². The average Bonchev–Trinajstić information content (AvgIpc) is 2.76. The van der Waals surface area contributed by atoms with Crippen molar-refractivity contribution in [2.24, 2.45) is 0 Å².